The van der Waals surface area contributed by atoms with Crippen molar-refractivity contribution in [3.05, 3.63) is 69.6 Å². The van der Waals surface area contributed by atoms with Gasteiger partial charge in [-0.25, -0.2) is 4.79 Å². The number of esters is 1. The number of hydrogen-bond donors (Lipinski definition) is 2. The van der Waals surface area contributed by atoms with E-state index in [1.165, 1.54) is 19.2 Å². The lowest BCUT2D eigenvalue weighted by Gasteiger charge is -2.10. The fourth-order valence-corrected chi connectivity index (χ4v) is 2.94. The fraction of sp³-hybridized carbons (Fsp3) is 0.227. The van der Waals surface area contributed by atoms with Crippen molar-refractivity contribution < 1.29 is 28.6 Å². The van der Waals surface area contributed by atoms with Crippen molar-refractivity contribution in [2.45, 2.75) is 20.0 Å². The van der Waals surface area contributed by atoms with Crippen LogP contribution in [0.1, 0.15) is 28.4 Å². The van der Waals surface area contributed by atoms with Gasteiger partial charge in [0.2, 0.25) is 0 Å². The van der Waals surface area contributed by atoms with Gasteiger partial charge in [-0.15, -0.1) is 0 Å². The highest BCUT2D eigenvalue weighted by molar-refractivity contribution is 5.96. The van der Waals surface area contributed by atoms with Crippen LogP contribution in [-0.4, -0.2) is 30.6 Å². The van der Waals surface area contributed by atoms with Gasteiger partial charge in [0.25, 0.3) is 5.91 Å². The van der Waals surface area contributed by atoms with Crippen molar-refractivity contribution >= 4 is 22.8 Å². The van der Waals surface area contributed by atoms with Gasteiger partial charge >= 0.3 is 11.6 Å². The predicted octanol–water partition coefficient (Wildman–Crippen LogP) is 2.54. The Kier molecular flexibility index (Phi) is 6.36. The highest BCUT2D eigenvalue weighted by atomic mass is 16.5. The van der Waals surface area contributed by atoms with Gasteiger partial charge in [0.05, 0.1) is 7.11 Å². The number of fused-ring (bicyclic) bond motifs is 1. The van der Waals surface area contributed by atoms with E-state index in [-0.39, 0.29) is 24.5 Å². The van der Waals surface area contributed by atoms with E-state index in [4.69, 9.17) is 13.9 Å². The summed E-state index contributed by atoms with van der Waals surface area (Å²) in [6.07, 6.45) is 0.580. The summed E-state index contributed by atoms with van der Waals surface area (Å²) in [6.45, 7) is 1.37. The zero-order chi connectivity index (χ0) is 21.7. The first-order valence-corrected chi connectivity index (χ1v) is 9.27. The number of aryl methyl sites for hydroxylation is 1. The Balaban J connectivity index is 1.66. The van der Waals surface area contributed by atoms with Crippen LogP contribution in [-0.2, 0) is 22.6 Å². The molecular weight excluding hydrogens is 390 g/mol. The third-order valence-electron chi connectivity index (χ3n) is 4.52. The SMILES string of the molecule is CCc1cc2c(COC(=O)CNC(=O)c3cccc(OC)c3)cc(=O)oc2cc1O. The quantitative estimate of drug-likeness (QED) is 0.453. The molecular formula is C22H21NO7. The van der Waals surface area contributed by atoms with E-state index in [1.807, 2.05) is 6.92 Å². The number of phenols is 1. The van der Waals surface area contributed by atoms with Gasteiger partial charge in [0.1, 0.15) is 30.2 Å². The molecule has 0 radical (unpaired) electrons. The summed E-state index contributed by atoms with van der Waals surface area (Å²) in [5.41, 5.74) is 1.05. The monoisotopic (exact) mass is 411 g/mol. The first-order valence-electron chi connectivity index (χ1n) is 9.27. The van der Waals surface area contributed by atoms with Gasteiger partial charge in [-0.1, -0.05) is 13.0 Å². The minimum absolute atomic E-state index is 0.0301. The summed E-state index contributed by atoms with van der Waals surface area (Å²) in [4.78, 5) is 36.0. The maximum Gasteiger partial charge on any atom is 0.336 e. The molecule has 0 unspecified atom stereocenters. The topological polar surface area (TPSA) is 115 Å². The summed E-state index contributed by atoms with van der Waals surface area (Å²) in [5, 5.41) is 13.0. The van der Waals surface area contributed by atoms with Crippen molar-refractivity contribution in [1.29, 1.82) is 0 Å². The first-order chi connectivity index (χ1) is 14.4. The normalized spacial score (nSPS) is 10.6. The molecule has 0 bridgehead atoms. The number of carbonyl (C=O) groups excluding carboxylic acids is 2. The number of hydrogen-bond acceptors (Lipinski definition) is 7. The van der Waals surface area contributed by atoms with Crippen molar-refractivity contribution in [3.8, 4) is 11.5 Å². The Morgan fingerprint density at radius 3 is 2.67 bits per heavy atom. The summed E-state index contributed by atoms with van der Waals surface area (Å²) >= 11 is 0. The molecule has 3 aromatic rings. The van der Waals surface area contributed by atoms with E-state index in [9.17, 15) is 19.5 Å². The van der Waals surface area contributed by atoms with Crippen molar-refractivity contribution in [3.63, 3.8) is 0 Å². The lowest BCUT2D eigenvalue weighted by atomic mass is 10.0. The minimum Gasteiger partial charge on any atom is -0.508 e. The van der Waals surface area contributed by atoms with Crippen LogP contribution in [0.15, 0.2) is 51.7 Å². The maximum absolute atomic E-state index is 12.2. The zero-order valence-corrected chi connectivity index (χ0v) is 16.6. The molecule has 0 aliphatic heterocycles. The average molecular weight is 411 g/mol. The number of nitrogens with one attached hydrogen (secondary N) is 1. The van der Waals surface area contributed by atoms with E-state index >= 15 is 0 Å². The van der Waals surface area contributed by atoms with Gasteiger partial charge in [0, 0.05) is 28.6 Å². The van der Waals surface area contributed by atoms with E-state index < -0.39 is 17.5 Å². The highest BCUT2D eigenvalue weighted by Gasteiger charge is 2.13. The second-order valence-electron chi connectivity index (χ2n) is 6.50. The number of ether oxygens (including phenoxy) is 2. The number of carbonyl (C=O) groups is 2. The molecule has 156 valence electrons. The minimum atomic E-state index is -0.665. The van der Waals surface area contributed by atoms with Gasteiger partial charge in [-0.2, -0.15) is 0 Å². The summed E-state index contributed by atoms with van der Waals surface area (Å²) in [6, 6.07) is 10.8. The summed E-state index contributed by atoms with van der Waals surface area (Å²) in [7, 11) is 1.49. The van der Waals surface area contributed by atoms with Crippen LogP contribution in [0.5, 0.6) is 11.5 Å². The molecule has 2 N–H and O–H groups in total. The molecule has 2 aromatic carbocycles. The van der Waals surface area contributed by atoms with Gasteiger partial charge in [-0.05, 0) is 36.2 Å². The van der Waals surface area contributed by atoms with Crippen LogP contribution >= 0.6 is 0 Å². The molecule has 1 amide bonds. The molecule has 1 aromatic heterocycles. The fourth-order valence-electron chi connectivity index (χ4n) is 2.94. The Morgan fingerprint density at radius 1 is 1.13 bits per heavy atom. The molecule has 0 fully saturated rings. The summed E-state index contributed by atoms with van der Waals surface area (Å²) in [5.74, 6) is -0.554. The number of methoxy groups -OCH3 is 1. The molecule has 1 heterocycles. The number of amides is 1. The van der Waals surface area contributed by atoms with Crippen LogP contribution in [0.3, 0.4) is 0 Å². The maximum atomic E-state index is 12.2. The average Bonchev–Trinajstić information content (AvgIpc) is 2.75. The smallest absolute Gasteiger partial charge is 0.336 e. The van der Waals surface area contributed by atoms with E-state index in [1.54, 1.807) is 30.3 Å². The first kappa shape index (κ1) is 20.9. The Labute approximate surface area is 172 Å². The number of phenolic OH excluding ortho intramolecular Hbond substituents is 1. The second-order valence-corrected chi connectivity index (χ2v) is 6.50. The van der Waals surface area contributed by atoms with Crippen molar-refractivity contribution in [2.75, 3.05) is 13.7 Å². The molecule has 0 atom stereocenters. The molecule has 3 rings (SSSR count). The van der Waals surface area contributed by atoms with E-state index in [0.29, 0.717) is 34.2 Å². The largest absolute Gasteiger partial charge is 0.508 e. The molecule has 0 saturated carbocycles. The van der Waals surface area contributed by atoms with Gasteiger partial charge in [0.15, 0.2) is 0 Å². The highest BCUT2D eigenvalue weighted by Crippen LogP contribution is 2.27. The van der Waals surface area contributed by atoms with Crippen LogP contribution in [0.2, 0.25) is 0 Å². The Morgan fingerprint density at radius 2 is 1.93 bits per heavy atom. The van der Waals surface area contributed by atoms with E-state index in [2.05, 4.69) is 5.32 Å². The van der Waals surface area contributed by atoms with E-state index in [0.717, 1.165) is 0 Å². The van der Waals surface area contributed by atoms with Crippen LogP contribution < -0.4 is 15.7 Å². The Bertz CT molecular complexity index is 1150. The van der Waals surface area contributed by atoms with Crippen molar-refractivity contribution in [2.24, 2.45) is 0 Å². The lowest BCUT2D eigenvalue weighted by Crippen LogP contribution is -2.30. The van der Waals surface area contributed by atoms with Crippen LogP contribution in [0.4, 0.5) is 0 Å². The Hall–Kier alpha value is -3.81. The van der Waals surface area contributed by atoms with Gasteiger partial charge in [-0.3, -0.25) is 9.59 Å². The number of aromatic hydroxyl groups is 1. The van der Waals surface area contributed by atoms with Crippen LogP contribution in [0.25, 0.3) is 11.0 Å². The second kappa shape index (κ2) is 9.13. The summed E-state index contributed by atoms with van der Waals surface area (Å²) < 4.78 is 15.4. The zero-order valence-electron chi connectivity index (χ0n) is 16.6. The predicted molar refractivity (Wildman–Crippen MR) is 109 cm³/mol. The molecule has 0 aliphatic rings. The third-order valence-corrected chi connectivity index (χ3v) is 4.52. The van der Waals surface area contributed by atoms with Crippen molar-refractivity contribution in [1.82, 2.24) is 5.32 Å². The molecule has 0 aliphatic carbocycles. The molecule has 8 heteroatoms. The molecule has 30 heavy (non-hydrogen) atoms. The standard InChI is InChI=1S/C22H21NO7/c1-3-13-8-17-15(9-20(25)30-19(17)10-18(13)24)12-29-21(26)11-23-22(27)14-5-4-6-16(7-14)28-2/h4-10,24H,3,11-12H2,1-2H3,(H,23,27). The molecule has 0 saturated heterocycles. The van der Waals surface area contributed by atoms with Gasteiger partial charge < -0.3 is 24.3 Å². The van der Waals surface area contributed by atoms with Crippen LogP contribution in [0, 0.1) is 0 Å². The third kappa shape index (κ3) is 4.78. The number of benzene rings is 2. The lowest BCUT2D eigenvalue weighted by molar-refractivity contribution is -0.143. The number of rotatable bonds is 7. The molecule has 8 nitrogen and oxygen atoms in total. The molecule has 0 spiro atoms.